The van der Waals surface area contributed by atoms with Crippen molar-refractivity contribution in [1.29, 1.82) is 0 Å². The van der Waals surface area contributed by atoms with Crippen molar-refractivity contribution in [2.45, 2.75) is 12.8 Å². The maximum atomic E-state index is 12.5. The fourth-order valence-corrected chi connectivity index (χ4v) is 4.21. The maximum Gasteiger partial charge on any atom is 0.323 e. The number of aliphatic carboxylic acids is 1. The van der Waals surface area contributed by atoms with Crippen LogP contribution >= 0.6 is 11.6 Å². The van der Waals surface area contributed by atoms with Crippen LogP contribution in [0.25, 0.3) is 11.3 Å². The minimum atomic E-state index is -0.711. The lowest BCUT2D eigenvalue weighted by molar-refractivity contribution is -0.143. The van der Waals surface area contributed by atoms with Gasteiger partial charge in [0.1, 0.15) is 12.4 Å². The molecule has 0 saturated carbocycles. The molecule has 0 radical (unpaired) electrons. The summed E-state index contributed by atoms with van der Waals surface area (Å²) in [6, 6.07) is 13.8. The van der Waals surface area contributed by atoms with E-state index in [9.17, 15) is 9.59 Å². The van der Waals surface area contributed by atoms with E-state index in [4.69, 9.17) is 21.4 Å². The van der Waals surface area contributed by atoms with E-state index in [0.29, 0.717) is 48.1 Å². The second kappa shape index (κ2) is 11.2. The number of halogens is 1. The quantitative estimate of drug-likeness (QED) is 0.421. The SMILES string of the molecule is Cn1nccc1-c1cc(NC(=O)Nc2ccc(Cl)cc2)ccc1OCCN1CCC(C(=O)O)CC1. The first-order valence-electron chi connectivity index (χ1n) is 11.4. The monoisotopic (exact) mass is 497 g/mol. The molecule has 2 heterocycles. The molecule has 1 saturated heterocycles. The first-order valence-corrected chi connectivity index (χ1v) is 11.8. The van der Waals surface area contributed by atoms with Crippen molar-refractivity contribution in [2.75, 3.05) is 36.9 Å². The number of anilines is 2. The van der Waals surface area contributed by atoms with Crippen molar-refractivity contribution in [3.8, 4) is 17.0 Å². The Bertz CT molecular complexity index is 1170. The van der Waals surface area contributed by atoms with Crippen LogP contribution in [0.15, 0.2) is 54.7 Å². The molecule has 0 aliphatic carbocycles. The molecule has 0 unspecified atom stereocenters. The predicted molar refractivity (Wildman–Crippen MR) is 135 cm³/mol. The normalized spacial score (nSPS) is 14.5. The number of rotatable bonds is 8. The third-order valence-corrected chi connectivity index (χ3v) is 6.29. The number of likely N-dealkylation sites (tertiary alicyclic amines) is 1. The highest BCUT2D eigenvalue weighted by atomic mass is 35.5. The van der Waals surface area contributed by atoms with E-state index in [0.717, 1.165) is 24.3 Å². The molecule has 2 amide bonds. The van der Waals surface area contributed by atoms with Gasteiger partial charge in [-0.3, -0.25) is 14.4 Å². The van der Waals surface area contributed by atoms with Crippen LogP contribution in [0.3, 0.4) is 0 Å². The van der Waals surface area contributed by atoms with Crippen molar-refractivity contribution in [2.24, 2.45) is 13.0 Å². The van der Waals surface area contributed by atoms with Crippen LogP contribution < -0.4 is 15.4 Å². The van der Waals surface area contributed by atoms with Gasteiger partial charge >= 0.3 is 12.0 Å². The van der Waals surface area contributed by atoms with E-state index < -0.39 is 5.97 Å². The molecule has 0 bridgehead atoms. The van der Waals surface area contributed by atoms with Gasteiger partial charge in [-0.1, -0.05) is 11.6 Å². The van der Waals surface area contributed by atoms with Gasteiger partial charge in [-0.2, -0.15) is 5.10 Å². The summed E-state index contributed by atoms with van der Waals surface area (Å²) < 4.78 is 7.87. The largest absolute Gasteiger partial charge is 0.492 e. The molecule has 1 aromatic heterocycles. The summed E-state index contributed by atoms with van der Waals surface area (Å²) in [6.07, 6.45) is 3.03. The number of hydrogen-bond acceptors (Lipinski definition) is 5. The zero-order valence-corrected chi connectivity index (χ0v) is 20.2. The van der Waals surface area contributed by atoms with Gasteiger partial charge in [0.05, 0.1) is 11.6 Å². The Kier molecular flexibility index (Phi) is 7.89. The van der Waals surface area contributed by atoms with Gasteiger partial charge in [-0.15, -0.1) is 0 Å². The highest BCUT2D eigenvalue weighted by Gasteiger charge is 2.24. The van der Waals surface area contributed by atoms with Crippen LogP contribution in [0, 0.1) is 5.92 Å². The minimum Gasteiger partial charge on any atom is -0.492 e. The number of nitrogens with one attached hydrogen (secondary N) is 2. The summed E-state index contributed by atoms with van der Waals surface area (Å²) in [5.41, 5.74) is 2.89. The topological polar surface area (TPSA) is 109 Å². The molecule has 0 atom stereocenters. The molecule has 3 N–H and O–H groups in total. The highest BCUT2D eigenvalue weighted by Crippen LogP contribution is 2.32. The van der Waals surface area contributed by atoms with E-state index in [1.54, 1.807) is 41.2 Å². The number of benzene rings is 2. The number of ether oxygens (including phenoxy) is 1. The molecule has 1 fully saturated rings. The lowest BCUT2D eigenvalue weighted by Crippen LogP contribution is -2.38. The molecule has 9 nitrogen and oxygen atoms in total. The molecular formula is C25H28ClN5O4. The minimum absolute atomic E-state index is 0.249. The summed E-state index contributed by atoms with van der Waals surface area (Å²) >= 11 is 5.90. The van der Waals surface area contributed by atoms with Crippen molar-refractivity contribution in [3.63, 3.8) is 0 Å². The van der Waals surface area contributed by atoms with Crippen molar-refractivity contribution >= 4 is 35.0 Å². The standard InChI is InChI=1S/C25H28ClN5O4/c1-30-22(8-11-27-30)21-16-20(29-25(34)28-19-4-2-18(26)3-5-19)6-7-23(21)35-15-14-31-12-9-17(10-13-31)24(32)33/h2-8,11,16-17H,9-10,12-15H2,1H3,(H,32,33)(H2,28,29,34). The summed E-state index contributed by atoms with van der Waals surface area (Å²) in [4.78, 5) is 25.9. The lowest BCUT2D eigenvalue weighted by Gasteiger charge is -2.29. The third-order valence-electron chi connectivity index (χ3n) is 6.04. The number of carbonyl (C=O) groups is 2. The average molecular weight is 498 g/mol. The van der Waals surface area contributed by atoms with Gasteiger partial charge < -0.3 is 20.5 Å². The molecule has 184 valence electrons. The first kappa shape index (κ1) is 24.6. The number of aryl methyl sites for hydroxylation is 1. The fraction of sp³-hybridized carbons (Fsp3) is 0.320. The number of aromatic nitrogens is 2. The number of urea groups is 1. The Morgan fingerprint density at radius 3 is 2.43 bits per heavy atom. The number of hydrogen-bond donors (Lipinski definition) is 3. The Hall–Kier alpha value is -3.56. The van der Waals surface area contributed by atoms with Crippen molar-refractivity contribution < 1.29 is 19.4 Å². The van der Waals surface area contributed by atoms with Gasteiger partial charge in [-0.05, 0) is 74.5 Å². The molecule has 2 aromatic carbocycles. The Balaban J connectivity index is 1.41. The second-order valence-corrected chi connectivity index (χ2v) is 8.88. The molecule has 4 rings (SSSR count). The van der Waals surface area contributed by atoms with Crippen LogP contribution in [-0.2, 0) is 11.8 Å². The van der Waals surface area contributed by atoms with Crippen LogP contribution in [0.2, 0.25) is 5.02 Å². The van der Waals surface area contributed by atoms with Crippen LogP contribution in [0.1, 0.15) is 12.8 Å². The Labute approximate surface area is 208 Å². The number of amides is 2. The summed E-state index contributed by atoms with van der Waals surface area (Å²) in [7, 11) is 1.85. The number of piperidine rings is 1. The number of carbonyl (C=O) groups excluding carboxylic acids is 1. The van der Waals surface area contributed by atoms with E-state index in [1.807, 2.05) is 25.2 Å². The lowest BCUT2D eigenvalue weighted by atomic mass is 9.97. The van der Waals surface area contributed by atoms with Crippen LogP contribution in [0.4, 0.5) is 16.2 Å². The van der Waals surface area contributed by atoms with Crippen LogP contribution in [0.5, 0.6) is 5.75 Å². The van der Waals surface area contributed by atoms with E-state index in [1.165, 1.54) is 0 Å². The molecule has 0 spiro atoms. The second-order valence-electron chi connectivity index (χ2n) is 8.44. The predicted octanol–water partition coefficient (Wildman–Crippen LogP) is 4.56. The van der Waals surface area contributed by atoms with Gasteiger partial charge in [0.2, 0.25) is 0 Å². The number of carboxylic acids is 1. The molecule has 1 aliphatic rings. The van der Waals surface area contributed by atoms with Gasteiger partial charge in [0, 0.05) is 41.8 Å². The fourth-order valence-electron chi connectivity index (χ4n) is 4.09. The Morgan fingerprint density at radius 2 is 1.77 bits per heavy atom. The maximum absolute atomic E-state index is 12.5. The third kappa shape index (κ3) is 6.52. The first-order chi connectivity index (χ1) is 16.9. The number of carboxylic acid groups (broad SMARTS) is 1. The average Bonchev–Trinajstić information content (AvgIpc) is 3.27. The zero-order valence-electron chi connectivity index (χ0n) is 19.4. The molecule has 35 heavy (non-hydrogen) atoms. The summed E-state index contributed by atoms with van der Waals surface area (Å²) in [5.74, 6) is -0.282. The molecule has 1 aliphatic heterocycles. The van der Waals surface area contributed by atoms with Crippen LogP contribution in [-0.4, -0.2) is 58.0 Å². The number of nitrogens with zero attached hydrogens (tertiary/aromatic N) is 3. The van der Waals surface area contributed by atoms with Gasteiger partial charge in [0.25, 0.3) is 0 Å². The Morgan fingerprint density at radius 1 is 1.09 bits per heavy atom. The summed E-state index contributed by atoms with van der Waals surface area (Å²) in [5, 5.41) is 19.6. The van der Waals surface area contributed by atoms with Crippen molar-refractivity contribution in [1.82, 2.24) is 14.7 Å². The molecule has 10 heteroatoms. The van der Waals surface area contributed by atoms with Gasteiger partial charge in [0.15, 0.2) is 0 Å². The molecular weight excluding hydrogens is 470 g/mol. The highest BCUT2D eigenvalue weighted by molar-refractivity contribution is 6.30. The van der Waals surface area contributed by atoms with E-state index in [2.05, 4.69) is 20.6 Å². The smallest absolute Gasteiger partial charge is 0.323 e. The van der Waals surface area contributed by atoms with Gasteiger partial charge in [-0.25, -0.2) is 4.79 Å². The summed E-state index contributed by atoms with van der Waals surface area (Å²) in [6.45, 7) is 2.67. The molecule has 3 aromatic rings. The van der Waals surface area contributed by atoms with E-state index in [-0.39, 0.29) is 11.9 Å². The van der Waals surface area contributed by atoms with Crippen molar-refractivity contribution in [3.05, 3.63) is 59.8 Å². The zero-order chi connectivity index (χ0) is 24.8. The van der Waals surface area contributed by atoms with E-state index >= 15 is 0 Å².